The smallest absolute Gasteiger partial charge is 0.119 e. The van der Waals surface area contributed by atoms with Gasteiger partial charge in [-0.3, -0.25) is 0 Å². The average Bonchev–Trinajstić information content (AvgIpc) is 3.28. The number of rotatable bonds is 5. The van der Waals surface area contributed by atoms with Crippen molar-refractivity contribution in [2.75, 3.05) is 13.6 Å². The van der Waals surface area contributed by atoms with Gasteiger partial charge in [-0.15, -0.1) is 0 Å². The van der Waals surface area contributed by atoms with Crippen LogP contribution in [-0.2, 0) is 0 Å². The maximum absolute atomic E-state index is 5.85. The third-order valence-electron chi connectivity index (χ3n) is 4.76. The summed E-state index contributed by atoms with van der Waals surface area (Å²) in [6, 6.07) is 8.96. The SMILES string of the molecule is CNCC1CCCCCC1c1ccc(OC2CC2)cc1. The van der Waals surface area contributed by atoms with Crippen molar-refractivity contribution < 1.29 is 4.74 Å². The van der Waals surface area contributed by atoms with Gasteiger partial charge < -0.3 is 10.1 Å². The summed E-state index contributed by atoms with van der Waals surface area (Å²) in [7, 11) is 2.08. The molecule has 0 spiro atoms. The Kier molecular flexibility index (Phi) is 4.62. The van der Waals surface area contributed by atoms with Gasteiger partial charge in [0.1, 0.15) is 5.75 Å². The molecular weight excluding hydrogens is 246 g/mol. The van der Waals surface area contributed by atoms with Crippen LogP contribution in [0.25, 0.3) is 0 Å². The molecule has 1 N–H and O–H groups in total. The summed E-state index contributed by atoms with van der Waals surface area (Å²) in [6.45, 7) is 1.14. The molecule has 0 saturated heterocycles. The molecule has 2 saturated carbocycles. The van der Waals surface area contributed by atoms with Crippen LogP contribution >= 0.6 is 0 Å². The molecule has 2 heteroatoms. The highest BCUT2D eigenvalue weighted by Crippen LogP contribution is 2.37. The minimum Gasteiger partial charge on any atom is -0.490 e. The summed E-state index contributed by atoms with van der Waals surface area (Å²) in [4.78, 5) is 0. The molecule has 2 unspecified atom stereocenters. The van der Waals surface area contributed by atoms with Crippen molar-refractivity contribution in [1.29, 1.82) is 0 Å². The fraction of sp³-hybridized carbons (Fsp3) is 0.667. The molecule has 0 radical (unpaired) electrons. The molecule has 0 amide bonds. The van der Waals surface area contributed by atoms with Gasteiger partial charge in [0.2, 0.25) is 0 Å². The van der Waals surface area contributed by atoms with E-state index in [0.717, 1.165) is 24.1 Å². The van der Waals surface area contributed by atoms with E-state index in [0.29, 0.717) is 6.10 Å². The Labute approximate surface area is 122 Å². The monoisotopic (exact) mass is 273 g/mol. The number of benzene rings is 1. The lowest BCUT2D eigenvalue weighted by Gasteiger charge is -2.25. The molecule has 110 valence electrons. The Hall–Kier alpha value is -1.02. The molecule has 2 aliphatic carbocycles. The lowest BCUT2D eigenvalue weighted by molar-refractivity contribution is 0.303. The zero-order chi connectivity index (χ0) is 13.8. The fourth-order valence-electron chi connectivity index (χ4n) is 3.50. The Morgan fingerprint density at radius 2 is 1.75 bits per heavy atom. The molecule has 3 rings (SSSR count). The van der Waals surface area contributed by atoms with Gasteiger partial charge in [0, 0.05) is 0 Å². The zero-order valence-corrected chi connectivity index (χ0v) is 12.6. The minimum absolute atomic E-state index is 0.496. The third-order valence-corrected chi connectivity index (χ3v) is 4.76. The molecule has 2 nitrogen and oxygen atoms in total. The largest absolute Gasteiger partial charge is 0.490 e. The molecule has 0 aliphatic heterocycles. The van der Waals surface area contributed by atoms with E-state index in [1.54, 1.807) is 0 Å². The first-order valence-corrected chi connectivity index (χ1v) is 8.28. The van der Waals surface area contributed by atoms with E-state index in [4.69, 9.17) is 4.74 Å². The summed E-state index contributed by atoms with van der Waals surface area (Å²) in [6.07, 6.45) is 9.84. The summed E-state index contributed by atoms with van der Waals surface area (Å²) < 4.78 is 5.85. The molecule has 0 aromatic heterocycles. The second kappa shape index (κ2) is 6.62. The normalized spacial score (nSPS) is 27.1. The van der Waals surface area contributed by atoms with Crippen LogP contribution in [-0.4, -0.2) is 19.7 Å². The average molecular weight is 273 g/mol. The summed E-state index contributed by atoms with van der Waals surface area (Å²) in [5, 5.41) is 3.39. The van der Waals surface area contributed by atoms with Gasteiger partial charge >= 0.3 is 0 Å². The molecular formula is C18H27NO. The first-order valence-electron chi connectivity index (χ1n) is 8.28. The Bertz CT molecular complexity index is 410. The van der Waals surface area contributed by atoms with Gasteiger partial charge in [-0.2, -0.15) is 0 Å². The maximum atomic E-state index is 5.85. The van der Waals surface area contributed by atoms with Crippen LogP contribution in [0.3, 0.4) is 0 Å². The second-order valence-corrected chi connectivity index (χ2v) is 6.45. The summed E-state index contributed by atoms with van der Waals surface area (Å²) in [5.74, 6) is 2.56. The predicted octanol–water partition coefficient (Wildman–Crippen LogP) is 4.11. The molecule has 0 bridgehead atoms. The predicted molar refractivity (Wildman–Crippen MR) is 83.3 cm³/mol. The lowest BCUT2D eigenvalue weighted by atomic mass is 9.82. The van der Waals surface area contributed by atoms with Gasteiger partial charge in [-0.1, -0.05) is 31.4 Å². The van der Waals surface area contributed by atoms with E-state index in [1.807, 2.05) is 0 Å². The van der Waals surface area contributed by atoms with E-state index in [9.17, 15) is 0 Å². The number of nitrogens with one attached hydrogen (secondary N) is 1. The second-order valence-electron chi connectivity index (χ2n) is 6.45. The Balaban J connectivity index is 1.70. The van der Waals surface area contributed by atoms with Crippen molar-refractivity contribution in [3.05, 3.63) is 29.8 Å². The third kappa shape index (κ3) is 3.54. The van der Waals surface area contributed by atoms with E-state index in [2.05, 4.69) is 36.6 Å². The maximum Gasteiger partial charge on any atom is 0.119 e. The zero-order valence-electron chi connectivity index (χ0n) is 12.6. The van der Waals surface area contributed by atoms with E-state index in [1.165, 1.54) is 50.5 Å². The van der Waals surface area contributed by atoms with Crippen molar-refractivity contribution in [2.24, 2.45) is 5.92 Å². The Morgan fingerprint density at radius 1 is 1.00 bits per heavy atom. The molecule has 1 aromatic rings. The van der Waals surface area contributed by atoms with Crippen LogP contribution < -0.4 is 10.1 Å². The fourth-order valence-corrected chi connectivity index (χ4v) is 3.50. The lowest BCUT2D eigenvalue weighted by Crippen LogP contribution is -2.24. The van der Waals surface area contributed by atoms with Crippen LogP contribution in [0, 0.1) is 5.92 Å². The van der Waals surface area contributed by atoms with E-state index >= 15 is 0 Å². The van der Waals surface area contributed by atoms with Crippen molar-refractivity contribution in [3.63, 3.8) is 0 Å². The number of hydrogen-bond acceptors (Lipinski definition) is 2. The van der Waals surface area contributed by atoms with Crippen molar-refractivity contribution in [1.82, 2.24) is 5.32 Å². The summed E-state index contributed by atoms with van der Waals surface area (Å²) in [5.41, 5.74) is 1.51. The number of ether oxygens (including phenoxy) is 1. The van der Waals surface area contributed by atoms with Crippen molar-refractivity contribution >= 4 is 0 Å². The molecule has 2 aliphatic rings. The molecule has 2 atom stereocenters. The molecule has 20 heavy (non-hydrogen) atoms. The molecule has 2 fully saturated rings. The molecule has 0 heterocycles. The van der Waals surface area contributed by atoms with Crippen molar-refractivity contribution in [2.45, 2.75) is 57.0 Å². The van der Waals surface area contributed by atoms with Gasteiger partial charge in [0.15, 0.2) is 0 Å². The van der Waals surface area contributed by atoms with Crippen LogP contribution in [0.15, 0.2) is 24.3 Å². The first kappa shape index (κ1) is 13.9. The highest BCUT2D eigenvalue weighted by atomic mass is 16.5. The highest BCUT2D eigenvalue weighted by Gasteiger charge is 2.26. The van der Waals surface area contributed by atoms with Crippen molar-refractivity contribution in [3.8, 4) is 5.75 Å². The Morgan fingerprint density at radius 3 is 2.45 bits per heavy atom. The first-order chi connectivity index (χ1) is 9.86. The van der Waals surface area contributed by atoms with Gasteiger partial charge in [-0.25, -0.2) is 0 Å². The standard InChI is InChI=1S/C18H27NO/c1-19-13-15-5-3-2-4-6-18(15)14-7-9-16(10-8-14)20-17-11-12-17/h7-10,15,17-19H,2-6,11-13H2,1H3. The molecule has 1 aromatic carbocycles. The van der Waals surface area contributed by atoms with Gasteiger partial charge in [0.25, 0.3) is 0 Å². The van der Waals surface area contributed by atoms with Crippen LogP contribution in [0.1, 0.15) is 56.4 Å². The highest BCUT2D eigenvalue weighted by molar-refractivity contribution is 5.30. The van der Waals surface area contributed by atoms with Crippen LogP contribution in [0.2, 0.25) is 0 Å². The number of hydrogen-bond donors (Lipinski definition) is 1. The van der Waals surface area contributed by atoms with Crippen LogP contribution in [0.4, 0.5) is 0 Å². The van der Waals surface area contributed by atoms with E-state index < -0.39 is 0 Å². The quantitative estimate of drug-likeness (QED) is 0.815. The topological polar surface area (TPSA) is 21.3 Å². The van der Waals surface area contributed by atoms with Crippen LogP contribution in [0.5, 0.6) is 5.75 Å². The van der Waals surface area contributed by atoms with Gasteiger partial charge in [0.05, 0.1) is 6.10 Å². The van der Waals surface area contributed by atoms with Gasteiger partial charge in [-0.05, 0) is 68.8 Å². The van der Waals surface area contributed by atoms with E-state index in [-0.39, 0.29) is 0 Å². The minimum atomic E-state index is 0.496. The summed E-state index contributed by atoms with van der Waals surface area (Å²) >= 11 is 0.